The predicted molar refractivity (Wildman–Crippen MR) is 92.6 cm³/mol. The lowest BCUT2D eigenvalue weighted by atomic mass is 10.1. The fraction of sp³-hybridized carbons (Fsp3) is 0.778. The zero-order valence-electron chi connectivity index (χ0n) is 14.9. The van der Waals surface area contributed by atoms with Crippen LogP contribution in [0.25, 0.3) is 0 Å². The Bertz CT molecular complexity index is 515. The Morgan fingerprint density at radius 1 is 1.00 bits per heavy atom. The summed E-state index contributed by atoms with van der Waals surface area (Å²) in [6.07, 6.45) is 6.19. The highest BCUT2D eigenvalue weighted by Crippen LogP contribution is 2.12. The van der Waals surface area contributed by atoms with Gasteiger partial charge in [-0.3, -0.25) is 14.6 Å². The molecule has 134 valence electrons. The van der Waals surface area contributed by atoms with Gasteiger partial charge in [-0.25, -0.2) is 0 Å². The number of nitrogens with zero attached hydrogens (tertiary/aromatic N) is 4. The highest BCUT2D eigenvalue weighted by Gasteiger charge is 2.22. The van der Waals surface area contributed by atoms with Crippen LogP contribution in [0.5, 0.6) is 0 Å². The summed E-state index contributed by atoms with van der Waals surface area (Å²) >= 11 is 0. The van der Waals surface area contributed by atoms with E-state index in [1.807, 2.05) is 13.0 Å². The lowest BCUT2D eigenvalue weighted by molar-refractivity contribution is -0.133. The van der Waals surface area contributed by atoms with Gasteiger partial charge in [0, 0.05) is 45.3 Å². The standard InChI is InChI=1S/C18H30N4O2/c1-16-13-17(24-19-16)14-20-9-11-21(12-10-20)15-18(23)22-7-5-3-2-4-6-8-22/h13H,2-12,14-15H2,1H3. The molecule has 6 heteroatoms. The molecule has 2 aliphatic rings. The van der Waals surface area contributed by atoms with Gasteiger partial charge < -0.3 is 9.42 Å². The Hall–Kier alpha value is -1.40. The van der Waals surface area contributed by atoms with Gasteiger partial charge in [0.25, 0.3) is 0 Å². The third kappa shape index (κ3) is 5.05. The van der Waals surface area contributed by atoms with Crippen LogP contribution in [0, 0.1) is 6.92 Å². The topological polar surface area (TPSA) is 52.8 Å². The van der Waals surface area contributed by atoms with Crippen LogP contribution in [0.4, 0.5) is 0 Å². The molecule has 0 radical (unpaired) electrons. The van der Waals surface area contributed by atoms with Crippen molar-refractivity contribution >= 4 is 5.91 Å². The maximum Gasteiger partial charge on any atom is 0.236 e. The summed E-state index contributed by atoms with van der Waals surface area (Å²) in [5.74, 6) is 1.24. The number of hydrogen-bond donors (Lipinski definition) is 0. The van der Waals surface area contributed by atoms with Gasteiger partial charge in [-0.15, -0.1) is 0 Å². The van der Waals surface area contributed by atoms with Crippen LogP contribution < -0.4 is 0 Å². The number of carbonyl (C=O) groups is 1. The van der Waals surface area contributed by atoms with E-state index in [1.54, 1.807) is 0 Å². The minimum atomic E-state index is 0.316. The van der Waals surface area contributed by atoms with Gasteiger partial charge in [-0.05, 0) is 19.8 Å². The number of piperazine rings is 1. The molecular formula is C18H30N4O2. The first kappa shape index (κ1) is 17.4. The van der Waals surface area contributed by atoms with Crippen molar-refractivity contribution in [3.8, 4) is 0 Å². The van der Waals surface area contributed by atoms with Crippen LogP contribution in [-0.4, -0.2) is 71.6 Å². The van der Waals surface area contributed by atoms with E-state index in [0.717, 1.165) is 70.1 Å². The SMILES string of the molecule is Cc1cc(CN2CCN(CC(=O)N3CCCCCCC3)CC2)on1. The average molecular weight is 334 g/mol. The molecule has 0 saturated carbocycles. The smallest absolute Gasteiger partial charge is 0.236 e. The number of hydrogen-bond acceptors (Lipinski definition) is 5. The molecule has 1 amide bonds. The lowest BCUT2D eigenvalue weighted by Gasteiger charge is -2.35. The number of aryl methyl sites for hydroxylation is 1. The summed E-state index contributed by atoms with van der Waals surface area (Å²) in [4.78, 5) is 19.3. The first-order valence-corrected chi connectivity index (χ1v) is 9.35. The lowest BCUT2D eigenvalue weighted by Crippen LogP contribution is -2.50. The van der Waals surface area contributed by atoms with Crippen molar-refractivity contribution < 1.29 is 9.32 Å². The van der Waals surface area contributed by atoms with E-state index in [9.17, 15) is 4.79 Å². The second-order valence-electron chi connectivity index (χ2n) is 7.14. The van der Waals surface area contributed by atoms with Gasteiger partial charge in [0.2, 0.25) is 5.91 Å². The molecule has 3 rings (SSSR count). The molecule has 2 saturated heterocycles. The van der Waals surface area contributed by atoms with Crippen LogP contribution in [0.15, 0.2) is 10.6 Å². The summed E-state index contributed by atoms with van der Waals surface area (Å²) in [5, 5.41) is 3.94. The Labute approximate surface area is 144 Å². The van der Waals surface area contributed by atoms with Crippen molar-refractivity contribution in [1.82, 2.24) is 19.9 Å². The van der Waals surface area contributed by atoms with Crippen LogP contribution in [-0.2, 0) is 11.3 Å². The van der Waals surface area contributed by atoms with E-state index in [4.69, 9.17) is 4.52 Å². The quantitative estimate of drug-likeness (QED) is 0.842. The molecule has 0 N–H and O–H groups in total. The molecule has 0 aliphatic carbocycles. The van der Waals surface area contributed by atoms with Gasteiger partial charge >= 0.3 is 0 Å². The molecule has 2 fully saturated rings. The second-order valence-corrected chi connectivity index (χ2v) is 7.14. The summed E-state index contributed by atoms with van der Waals surface area (Å²) in [7, 11) is 0. The highest BCUT2D eigenvalue weighted by molar-refractivity contribution is 5.78. The van der Waals surface area contributed by atoms with Gasteiger partial charge in [0.1, 0.15) is 0 Å². The minimum absolute atomic E-state index is 0.316. The van der Waals surface area contributed by atoms with Crippen LogP contribution in [0.1, 0.15) is 43.6 Å². The summed E-state index contributed by atoms with van der Waals surface area (Å²) < 4.78 is 5.29. The highest BCUT2D eigenvalue weighted by atomic mass is 16.5. The average Bonchev–Trinajstić information content (AvgIpc) is 2.94. The molecule has 0 spiro atoms. The van der Waals surface area contributed by atoms with Crippen molar-refractivity contribution in [3.63, 3.8) is 0 Å². The zero-order chi connectivity index (χ0) is 16.8. The minimum Gasteiger partial charge on any atom is -0.360 e. The molecule has 2 aliphatic heterocycles. The molecule has 1 aromatic heterocycles. The largest absolute Gasteiger partial charge is 0.360 e. The van der Waals surface area contributed by atoms with Gasteiger partial charge in [0.05, 0.1) is 18.8 Å². The third-order valence-electron chi connectivity index (χ3n) is 5.09. The monoisotopic (exact) mass is 334 g/mol. The summed E-state index contributed by atoms with van der Waals surface area (Å²) in [6.45, 7) is 9.10. The van der Waals surface area contributed by atoms with E-state index in [-0.39, 0.29) is 0 Å². The fourth-order valence-corrected chi connectivity index (χ4v) is 3.60. The van der Waals surface area contributed by atoms with E-state index in [2.05, 4.69) is 19.9 Å². The van der Waals surface area contributed by atoms with E-state index in [0.29, 0.717) is 12.5 Å². The molecule has 1 aromatic rings. The Morgan fingerprint density at radius 3 is 2.25 bits per heavy atom. The number of amides is 1. The molecule has 6 nitrogen and oxygen atoms in total. The molecule has 0 bridgehead atoms. The number of rotatable bonds is 4. The molecule has 24 heavy (non-hydrogen) atoms. The third-order valence-corrected chi connectivity index (χ3v) is 5.09. The van der Waals surface area contributed by atoms with Crippen molar-refractivity contribution in [2.75, 3.05) is 45.8 Å². The molecule has 3 heterocycles. The Balaban J connectivity index is 1.40. The maximum atomic E-state index is 12.6. The number of aromatic nitrogens is 1. The Kier molecular flexibility index (Phi) is 6.26. The van der Waals surface area contributed by atoms with E-state index in [1.165, 1.54) is 19.3 Å². The van der Waals surface area contributed by atoms with Crippen molar-refractivity contribution in [2.24, 2.45) is 0 Å². The molecule has 0 aromatic carbocycles. The molecular weight excluding hydrogens is 304 g/mol. The predicted octanol–water partition coefficient (Wildman–Crippen LogP) is 1.89. The normalized spacial score (nSPS) is 21.5. The van der Waals surface area contributed by atoms with Crippen molar-refractivity contribution in [1.29, 1.82) is 0 Å². The fourth-order valence-electron chi connectivity index (χ4n) is 3.60. The first-order chi connectivity index (χ1) is 11.7. The summed E-state index contributed by atoms with van der Waals surface area (Å²) in [6, 6.07) is 2.00. The first-order valence-electron chi connectivity index (χ1n) is 9.35. The van der Waals surface area contributed by atoms with Gasteiger partial charge in [0.15, 0.2) is 5.76 Å². The number of carbonyl (C=O) groups excluding carboxylic acids is 1. The van der Waals surface area contributed by atoms with Gasteiger partial charge in [-0.2, -0.15) is 0 Å². The number of likely N-dealkylation sites (tertiary alicyclic amines) is 1. The Morgan fingerprint density at radius 2 is 1.62 bits per heavy atom. The second kappa shape index (κ2) is 8.62. The summed E-state index contributed by atoms with van der Waals surface area (Å²) in [5.41, 5.74) is 0.933. The van der Waals surface area contributed by atoms with Gasteiger partial charge in [-0.1, -0.05) is 24.4 Å². The van der Waals surface area contributed by atoms with E-state index < -0.39 is 0 Å². The van der Waals surface area contributed by atoms with Crippen molar-refractivity contribution in [2.45, 2.75) is 45.6 Å². The van der Waals surface area contributed by atoms with E-state index >= 15 is 0 Å². The van der Waals surface area contributed by atoms with Crippen LogP contribution >= 0.6 is 0 Å². The van der Waals surface area contributed by atoms with Crippen molar-refractivity contribution in [3.05, 3.63) is 17.5 Å². The van der Waals surface area contributed by atoms with Crippen LogP contribution in [0.2, 0.25) is 0 Å². The van der Waals surface area contributed by atoms with Crippen LogP contribution in [0.3, 0.4) is 0 Å². The molecule has 0 atom stereocenters. The maximum absolute atomic E-state index is 12.6. The zero-order valence-corrected chi connectivity index (χ0v) is 14.9. The molecule has 0 unspecified atom stereocenters.